The van der Waals surface area contributed by atoms with Gasteiger partial charge < -0.3 is 4.98 Å². The first kappa shape index (κ1) is 7.35. The molecule has 0 bridgehead atoms. The Morgan fingerprint density at radius 2 is 2.33 bits per heavy atom. The molecular weight excluding hydrogens is 148 g/mol. The van der Waals surface area contributed by atoms with Crippen molar-refractivity contribution in [1.82, 2.24) is 9.97 Å². The van der Waals surface area contributed by atoms with E-state index in [1.54, 1.807) is 0 Å². The van der Waals surface area contributed by atoms with Gasteiger partial charge in [-0.2, -0.15) is 0 Å². The van der Waals surface area contributed by atoms with Gasteiger partial charge in [-0.05, 0) is 17.5 Å². The van der Waals surface area contributed by atoms with E-state index in [4.69, 9.17) is 0 Å². The van der Waals surface area contributed by atoms with Gasteiger partial charge in [0.2, 0.25) is 0 Å². The zero-order valence-corrected chi connectivity index (χ0v) is 7.33. The molecule has 0 aliphatic rings. The van der Waals surface area contributed by atoms with Crippen molar-refractivity contribution in [2.24, 2.45) is 0 Å². The topological polar surface area (TPSA) is 28.7 Å². The molecule has 0 atom stereocenters. The molecule has 0 aliphatic heterocycles. The maximum Gasteiger partial charge on any atom is 0.0487 e. The zero-order chi connectivity index (χ0) is 8.55. The minimum Gasteiger partial charge on any atom is -0.361 e. The van der Waals surface area contributed by atoms with Gasteiger partial charge in [0.05, 0.1) is 0 Å². The van der Waals surface area contributed by atoms with Crippen LogP contribution in [0.5, 0.6) is 0 Å². The van der Waals surface area contributed by atoms with Crippen LogP contribution in [0.4, 0.5) is 0 Å². The number of nitrogens with zero attached hydrogens (tertiary/aromatic N) is 1. The molecule has 0 saturated carbocycles. The van der Waals surface area contributed by atoms with E-state index in [1.807, 2.05) is 18.5 Å². The summed E-state index contributed by atoms with van der Waals surface area (Å²) in [6, 6.07) is 2.00. The smallest absolute Gasteiger partial charge is 0.0487 e. The van der Waals surface area contributed by atoms with Gasteiger partial charge >= 0.3 is 0 Å². The molecule has 0 spiro atoms. The second-order valence-electron chi connectivity index (χ2n) is 3.32. The average Bonchev–Trinajstić information content (AvgIpc) is 2.47. The van der Waals surface area contributed by atoms with Crippen molar-refractivity contribution in [3.05, 3.63) is 30.2 Å². The Morgan fingerprint density at radius 3 is 3.08 bits per heavy atom. The number of rotatable bonds is 1. The third kappa shape index (κ3) is 0.998. The molecule has 0 unspecified atom stereocenters. The molecule has 0 radical (unpaired) electrons. The largest absolute Gasteiger partial charge is 0.361 e. The fourth-order valence-corrected chi connectivity index (χ4v) is 1.46. The highest BCUT2D eigenvalue weighted by Crippen LogP contribution is 2.23. The van der Waals surface area contributed by atoms with Crippen molar-refractivity contribution in [2.75, 3.05) is 0 Å². The van der Waals surface area contributed by atoms with Crippen LogP contribution in [0.15, 0.2) is 24.7 Å². The van der Waals surface area contributed by atoms with Gasteiger partial charge in [-0.25, -0.2) is 0 Å². The van der Waals surface area contributed by atoms with Crippen molar-refractivity contribution >= 4 is 10.9 Å². The van der Waals surface area contributed by atoms with Crippen LogP contribution >= 0.6 is 0 Å². The van der Waals surface area contributed by atoms with E-state index in [1.165, 1.54) is 16.5 Å². The van der Waals surface area contributed by atoms with E-state index in [9.17, 15) is 0 Å². The van der Waals surface area contributed by atoms with E-state index in [0.29, 0.717) is 5.92 Å². The summed E-state index contributed by atoms with van der Waals surface area (Å²) < 4.78 is 0. The number of hydrogen-bond donors (Lipinski definition) is 1. The fraction of sp³-hybridized carbons (Fsp3) is 0.300. The second kappa shape index (κ2) is 2.63. The van der Waals surface area contributed by atoms with Crippen molar-refractivity contribution in [3.63, 3.8) is 0 Å². The van der Waals surface area contributed by atoms with Gasteiger partial charge in [-0.15, -0.1) is 0 Å². The first-order valence-corrected chi connectivity index (χ1v) is 4.20. The van der Waals surface area contributed by atoms with Crippen LogP contribution in [-0.2, 0) is 0 Å². The minimum atomic E-state index is 0. The highest BCUT2D eigenvalue weighted by molar-refractivity contribution is 5.82. The Bertz CT molecular complexity index is 392. The van der Waals surface area contributed by atoms with E-state index in [0.717, 1.165) is 0 Å². The van der Waals surface area contributed by atoms with E-state index >= 15 is 0 Å². The Labute approximate surface area is 73.1 Å². The van der Waals surface area contributed by atoms with E-state index in [2.05, 4.69) is 30.0 Å². The molecule has 2 heteroatoms. The monoisotopic (exact) mass is 162 g/mol. The number of pyridine rings is 1. The number of aromatic amines is 1. The number of H-pyrrole nitrogens is 1. The predicted molar refractivity (Wildman–Crippen MR) is 52.3 cm³/mol. The second-order valence-corrected chi connectivity index (χ2v) is 3.32. The number of nitrogens with one attached hydrogen (secondary N) is 1. The highest BCUT2D eigenvalue weighted by Gasteiger charge is 2.05. The fourth-order valence-electron chi connectivity index (χ4n) is 1.46. The van der Waals surface area contributed by atoms with Crippen LogP contribution < -0.4 is 0 Å². The molecule has 64 valence electrons. The molecule has 0 aliphatic carbocycles. The molecule has 2 rings (SSSR count). The third-order valence-corrected chi connectivity index (χ3v) is 2.14. The van der Waals surface area contributed by atoms with Crippen LogP contribution in [0.1, 0.15) is 26.8 Å². The lowest BCUT2D eigenvalue weighted by molar-refractivity contribution is 0.875. The number of fused-ring (bicyclic) bond motifs is 1. The molecule has 2 heterocycles. The standard InChI is InChI=1S/C10H12N2.H2/c1-7(2)8-6-12-10-3-4-11-5-9(8)10;/h3-7,12H,1-2H3;1H. The van der Waals surface area contributed by atoms with Gasteiger partial charge in [0, 0.05) is 30.9 Å². The summed E-state index contributed by atoms with van der Waals surface area (Å²) in [4.78, 5) is 7.34. The summed E-state index contributed by atoms with van der Waals surface area (Å²) in [6.45, 7) is 4.38. The summed E-state index contributed by atoms with van der Waals surface area (Å²) in [5.41, 5.74) is 2.52. The Hall–Kier alpha value is -1.31. The average molecular weight is 162 g/mol. The first-order chi connectivity index (χ1) is 5.79. The predicted octanol–water partition coefficient (Wildman–Crippen LogP) is 2.93. The zero-order valence-electron chi connectivity index (χ0n) is 7.33. The van der Waals surface area contributed by atoms with Crippen molar-refractivity contribution < 1.29 is 1.43 Å². The molecule has 2 nitrogen and oxygen atoms in total. The molecule has 0 saturated heterocycles. The molecular formula is C10H14N2. The van der Waals surface area contributed by atoms with E-state index < -0.39 is 0 Å². The lowest BCUT2D eigenvalue weighted by Crippen LogP contribution is -1.83. The summed E-state index contributed by atoms with van der Waals surface area (Å²) in [5.74, 6) is 0.558. The van der Waals surface area contributed by atoms with E-state index in [-0.39, 0.29) is 1.43 Å². The Morgan fingerprint density at radius 1 is 1.50 bits per heavy atom. The first-order valence-electron chi connectivity index (χ1n) is 4.20. The maximum absolute atomic E-state index is 4.11. The van der Waals surface area contributed by atoms with Crippen molar-refractivity contribution in [1.29, 1.82) is 0 Å². The normalized spacial score (nSPS) is 11.2. The lowest BCUT2D eigenvalue weighted by Gasteiger charge is -2.00. The number of hydrogen-bond acceptors (Lipinski definition) is 1. The summed E-state index contributed by atoms with van der Waals surface area (Å²) in [6.07, 6.45) is 5.79. The van der Waals surface area contributed by atoms with Crippen LogP contribution in [-0.4, -0.2) is 9.97 Å². The van der Waals surface area contributed by atoms with Gasteiger partial charge in [0.25, 0.3) is 0 Å². The van der Waals surface area contributed by atoms with Crippen molar-refractivity contribution in [2.45, 2.75) is 19.8 Å². The maximum atomic E-state index is 4.11. The molecule has 1 N–H and O–H groups in total. The Balaban J connectivity index is 0.000000845. The van der Waals surface area contributed by atoms with Crippen LogP contribution in [0.3, 0.4) is 0 Å². The van der Waals surface area contributed by atoms with Gasteiger partial charge in [0.1, 0.15) is 0 Å². The van der Waals surface area contributed by atoms with Crippen LogP contribution in [0.2, 0.25) is 0 Å². The van der Waals surface area contributed by atoms with Gasteiger partial charge in [-0.1, -0.05) is 13.8 Å². The Kier molecular flexibility index (Phi) is 1.61. The molecule has 0 fully saturated rings. The minimum absolute atomic E-state index is 0. The molecule has 0 aromatic carbocycles. The summed E-state index contributed by atoms with van der Waals surface area (Å²) in [5, 5.41) is 1.24. The SMILES string of the molecule is CC(C)c1c[nH]c2ccncc12.[HH]. The van der Waals surface area contributed by atoms with Gasteiger partial charge in [-0.3, -0.25) is 4.98 Å². The molecule has 2 aromatic rings. The molecule has 12 heavy (non-hydrogen) atoms. The van der Waals surface area contributed by atoms with Crippen LogP contribution in [0.25, 0.3) is 10.9 Å². The highest BCUT2D eigenvalue weighted by atomic mass is 14.7. The number of aromatic nitrogens is 2. The quantitative estimate of drug-likeness (QED) is 0.686. The third-order valence-electron chi connectivity index (χ3n) is 2.14. The van der Waals surface area contributed by atoms with Crippen LogP contribution in [0, 0.1) is 0 Å². The summed E-state index contributed by atoms with van der Waals surface area (Å²) >= 11 is 0. The lowest BCUT2D eigenvalue weighted by atomic mass is 10.0. The van der Waals surface area contributed by atoms with Crippen molar-refractivity contribution in [3.8, 4) is 0 Å². The molecule has 2 aromatic heterocycles. The molecule has 0 amide bonds. The summed E-state index contributed by atoms with van der Waals surface area (Å²) in [7, 11) is 0. The van der Waals surface area contributed by atoms with Gasteiger partial charge in [0.15, 0.2) is 0 Å².